The number of para-hydroxylation sites is 2. The molecule has 152 valence electrons. The zero-order valence-electron chi connectivity index (χ0n) is 16.3. The second kappa shape index (κ2) is 9.18. The fourth-order valence-electron chi connectivity index (χ4n) is 3.51. The molecule has 8 heteroatoms. The summed E-state index contributed by atoms with van der Waals surface area (Å²) in [5.74, 6) is -0.455. The Bertz CT molecular complexity index is 907. The fourth-order valence-corrected chi connectivity index (χ4v) is 3.51. The summed E-state index contributed by atoms with van der Waals surface area (Å²) in [4.78, 5) is 37.4. The van der Waals surface area contributed by atoms with Crippen LogP contribution in [0.4, 0.5) is 17.1 Å². The molecule has 2 aromatic carbocycles. The number of nitro benzene ring substituents is 1. The highest BCUT2D eigenvalue weighted by Crippen LogP contribution is 2.31. The molecule has 3 rings (SSSR count). The smallest absolute Gasteiger partial charge is 0.292 e. The molecule has 0 aliphatic carbocycles. The van der Waals surface area contributed by atoms with Crippen molar-refractivity contribution in [3.8, 4) is 0 Å². The molecule has 1 aliphatic rings. The predicted octanol–water partition coefficient (Wildman–Crippen LogP) is 3.20. The Morgan fingerprint density at radius 2 is 1.86 bits per heavy atom. The first kappa shape index (κ1) is 20.3. The molecule has 1 saturated heterocycles. The summed E-state index contributed by atoms with van der Waals surface area (Å²) >= 11 is 0. The number of hydrogen-bond acceptors (Lipinski definition) is 5. The molecule has 0 radical (unpaired) electrons. The molecule has 0 aromatic heterocycles. The van der Waals surface area contributed by atoms with Gasteiger partial charge in [-0.15, -0.1) is 0 Å². The van der Waals surface area contributed by atoms with Gasteiger partial charge >= 0.3 is 0 Å². The van der Waals surface area contributed by atoms with Crippen molar-refractivity contribution in [2.24, 2.45) is 5.92 Å². The average Bonchev–Trinajstić information content (AvgIpc) is 2.74. The summed E-state index contributed by atoms with van der Waals surface area (Å²) in [5, 5.41) is 16.9. The van der Waals surface area contributed by atoms with Crippen LogP contribution in [0.3, 0.4) is 0 Å². The highest BCUT2D eigenvalue weighted by atomic mass is 16.6. The van der Waals surface area contributed by atoms with E-state index < -0.39 is 0 Å². The van der Waals surface area contributed by atoms with E-state index in [1.165, 1.54) is 6.07 Å². The summed E-state index contributed by atoms with van der Waals surface area (Å²) < 4.78 is 0. The minimum Gasteiger partial charge on any atom is -0.366 e. The number of piperidine rings is 1. The SMILES string of the molecule is CCNC(=O)c1cccc(NC(=O)C2CCN(c3ccccc3[N+](=O)[O-])CC2)c1. The first-order chi connectivity index (χ1) is 14.0. The quantitative estimate of drug-likeness (QED) is 0.576. The number of nitrogens with zero attached hydrogens (tertiary/aromatic N) is 2. The third-order valence-corrected chi connectivity index (χ3v) is 5.01. The standard InChI is InChI=1S/C21H24N4O4/c1-2-22-20(26)16-6-5-7-17(14-16)23-21(27)15-10-12-24(13-11-15)18-8-3-4-9-19(18)25(28)29/h3-9,14-15H,2,10-13H2,1H3,(H,22,26)(H,23,27). The molecule has 1 fully saturated rings. The number of nitro groups is 1. The average molecular weight is 396 g/mol. The summed E-state index contributed by atoms with van der Waals surface area (Å²) in [6.07, 6.45) is 1.21. The van der Waals surface area contributed by atoms with Gasteiger partial charge in [0.1, 0.15) is 5.69 Å². The second-order valence-corrected chi connectivity index (χ2v) is 6.94. The Morgan fingerprint density at radius 1 is 1.14 bits per heavy atom. The van der Waals surface area contributed by atoms with Crippen molar-refractivity contribution in [3.63, 3.8) is 0 Å². The van der Waals surface area contributed by atoms with Crippen LogP contribution in [0, 0.1) is 16.0 Å². The molecule has 2 amide bonds. The van der Waals surface area contributed by atoms with Gasteiger partial charge in [-0.25, -0.2) is 0 Å². The number of anilines is 2. The first-order valence-corrected chi connectivity index (χ1v) is 9.67. The lowest BCUT2D eigenvalue weighted by atomic mass is 9.95. The Labute approximate surface area is 169 Å². The molecule has 0 atom stereocenters. The minimum absolute atomic E-state index is 0.0811. The van der Waals surface area contributed by atoms with Gasteiger partial charge in [-0.3, -0.25) is 19.7 Å². The van der Waals surface area contributed by atoms with Crippen molar-refractivity contribution in [2.45, 2.75) is 19.8 Å². The van der Waals surface area contributed by atoms with Crippen LogP contribution in [0.15, 0.2) is 48.5 Å². The van der Waals surface area contributed by atoms with Crippen LogP contribution in [0.25, 0.3) is 0 Å². The van der Waals surface area contributed by atoms with Crippen molar-refractivity contribution in [1.82, 2.24) is 5.32 Å². The number of nitrogens with one attached hydrogen (secondary N) is 2. The first-order valence-electron chi connectivity index (χ1n) is 9.67. The molecule has 2 aromatic rings. The number of benzene rings is 2. The predicted molar refractivity (Wildman–Crippen MR) is 111 cm³/mol. The molecule has 0 spiro atoms. The van der Waals surface area contributed by atoms with Gasteiger partial charge in [0.05, 0.1) is 4.92 Å². The van der Waals surface area contributed by atoms with Crippen molar-refractivity contribution in [2.75, 3.05) is 29.9 Å². The van der Waals surface area contributed by atoms with Gasteiger partial charge in [0, 0.05) is 42.9 Å². The van der Waals surface area contributed by atoms with Gasteiger partial charge in [0.15, 0.2) is 0 Å². The number of hydrogen-bond donors (Lipinski definition) is 2. The van der Waals surface area contributed by atoms with Crippen molar-refractivity contribution in [1.29, 1.82) is 0 Å². The largest absolute Gasteiger partial charge is 0.366 e. The highest BCUT2D eigenvalue weighted by Gasteiger charge is 2.28. The molecular formula is C21H24N4O4. The molecule has 29 heavy (non-hydrogen) atoms. The third-order valence-electron chi connectivity index (χ3n) is 5.01. The van der Waals surface area contributed by atoms with Gasteiger partial charge in [-0.05, 0) is 44.0 Å². The Kier molecular flexibility index (Phi) is 6.43. The van der Waals surface area contributed by atoms with Crippen LogP contribution < -0.4 is 15.5 Å². The fraction of sp³-hybridized carbons (Fsp3) is 0.333. The van der Waals surface area contributed by atoms with Crippen LogP contribution in [0.2, 0.25) is 0 Å². The maximum atomic E-state index is 12.7. The van der Waals surface area contributed by atoms with E-state index in [4.69, 9.17) is 0 Å². The summed E-state index contributed by atoms with van der Waals surface area (Å²) in [7, 11) is 0. The minimum atomic E-state index is -0.379. The second-order valence-electron chi connectivity index (χ2n) is 6.94. The number of amides is 2. The highest BCUT2D eigenvalue weighted by molar-refractivity contribution is 5.97. The maximum absolute atomic E-state index is 12.7. The van der Waals surface area contributed by atoms with E-state index in [-0.39, 0.29) is 28.3 Å². The molecule has 1 aliphatic heterocycles. The molecule has 0 bridgehead atoms. The molecule has 0 unspecified atom stereocenters. The van der Waals surface area contributed by atoms with Crippen LogP contribution in [0.1, 0.15) is 30.1 Å². The van der Waals surface area contributed by atoms with Crippen molar-refractivity contribution in [3.05, 3.63) is 64.2 Å². The van der Waals surface area contributed by atoms with Gasteiger partial charge in [0.25, 0.3) is 11.6 Å². The number of carbonyl (C=O) groups excluding carboxylic acids is 2. The van der Waals surface area contributed by atoms with Gasteiger partial charge in [-0.1, -0.05) is 18.2 Å². The van der Waals surface area contributed by atoms with Crippen LogP contribution >= 0.6 is 0 Å². The lowest BCUT2D eigenvalue weighted by Crippen LogP contribution is -2.38. The van der Waals surface area contributed by atoms with Gasteiger partial charge < -0.3 is 15.5 Å². The van der Waals surface area contributed by atoms with E-state index in [1.807, 2.05) is 11.8 Å². The van der Waals surface area contributed by atoms with E-state index >= 15 is 0 Å². The normalized spacial score (nSPS) is 14.3. The molecule has 8 nitrogen and oxygen atoms in total. The van der Waals surface area contributed by atoms with Crippen LogP contribution in [-0.4, -0.2) is 36.4 Å². The monoisotopic (exact) mass is 396 g/mol. The number of rotatable bonds is 6. The lowest BCUT2D eigenvalue weighted by Gasteiger charge is -2.32. The van der Waals surface area contributed by atoms with E-state index in [2.05, 4.69) is 10.6 Å². The van der Waals surface area contributed by atoms with Crippen LogP contribution in [0.5, 0.6) is 0 Å². The third kappa shape index (κ3) is 4.90. The summed E-state index contributed by atoms with van der Waals surface area (Å²) in [6, 6.07) is 13.5. The maximum Gasteiger partial charge on any atom is 0.292 e. The summed E-state index contributed by atoms with van der Waals surface area (Å²) in [5.41, 5.74) is 1.75. The topological polar surface area (TPSA) is 105 Å². The Hall–Kier alpha value is -3.42. The van der Waals surface area contributed by atoms with E-state index in [1.54, 1.807) is 42.5 Å². The Morgan fingerprint density at radius 3 is 2.55 bits per heavy atom. The van der Waals surface area contributed by atoms with Gasteiger partial charge in [-0.2, -0.15) is 0 Å². The molecule has 0 saturated carbocycles. The van der Waals surface area contributed by atoms with E-state index in [0.29, 0.717) is 49.4 Å². The molecule has 2 N–H and O–H groups in total. The molecular weight excluding hydrogens is 372 g/mol. The zero-order chi connectivity index (χ0) is 20.8. The van der Waals surface area contributed by atoms with E-state index in [0.717, 1.165) is 0 Å². The van der Waals surface area contributed by atoms with Crippen molar-refractivity contribution < 1.29 is 14.5 Å². The Balaban J connectivity index is 1.60. The van der Waals surface area contributed by atoms with Crippen molar-refractivity contribution >= 4 is 28.9 Å². The van der Waals surface area contributed by atoms with E-state index in [9.17, 15) is 19.7 Å². The molecule has 1 heterocycles. The van der Waals surface area contributed by atoms with Crippen LogP contribution in [-0.2, 0) is 4.79 Å². The zero-order valence-corrected chi connectivity index (χ0v) is 16.3. The lowest BCUT2D eigenvalue weighted by molar-refractivity contribution is -0.384. The summed E-state index contributed by atoms with van der Waals surface area (Å²) in [6.45, 7) is 3.53. The van der Waals surface area contributed by atoms with Gasteiger partial charge in [0.2, 0.25) is 5.91 Å². The number of carbonyl (C=O) groups is 2.